The molecule has 1 aliphatic carbocycles. The average Bonchev–Trinajstić information content (AvgIpc) is 2.65. The van der Waals surface area contributed by atoms with Crippen molar-refractivity contribution in [1.29, 1.82) is 0 Å². The fourth-order valence-corrected chi connectivity index (χ4v) is 3.83. The molecule has 148 valence electrons. The van der Waals surface area contributed by atoms with Crippen LogP contribution in [0.5, 0.6) is 0 Å². The zero-order valence-electron chi connectivity index (χ0n) is 15.5. The first kappa shape index (κ1) is 19.9. The van der Waals surface area contributed by atoms with Crippen molar-refractivity contribution < 1.29 is 22.7 Å². The minimum absolute atomic E-state index is 0.0848. The number of sulfonamides is 1. The van der Waals surface area contributed by atoms with Gasteiger partial charge in [-0.25, -0.2) is 13.2 Å². The Balaban J connectivity index is 1.57. The van der Waals surface area contributed by atoms with Crippen LogP contribution in [0.4, 0.5) is 5.69 Å². The average molecular weight is 402 g/mol. The van der Waals surface area contributed by atoms with Gasteiger partial charge in [0.15, 0.2) is 6.61 Å². The fourth-order valence-electron chi connectivity index (χ4n) is 3.28. The lowest BCUT2D eigenvalue weighted by atomic mass is 9.88. The van der Waals surface area contributed by atoms with E-state index in [-0.39, 0.29) is 23.2 Å². The van der Waals surface area contributed by atoms with E-state index in [4.69, 9.17) is 4.74 Å². The molecule has 28 heavy (non-hydrogen) atoms. The summed E-state index contributed by atoms with van der Waals surface area (Å²) in [5.74, 6) is -1.07. The van der Waals surface area contributed by atoms with E-state index in [1.807, 2.05) is 18.2 Å². The number of aryl methyl sites for hydroxylation is 1. The van der Waals surface area contributed by atoms with E-state index >= 15 is 0 Å². The van der Waals surface area contributed by atoms with E-state index < -0.39 is 22.6 Å². The van der Waals surface area contributed by atoms with E-state index in [9.17, 15) is 18.0 Å². The molecule has 0 aliphatic heterocycles. The molecular formula is C20H22N2O5S. The Bertz CT molecular complexity index is 988. The van der Waals surface area contributed by atoms with Crippen LogP contribution in [0.2, 0.25) is 0 Å². The number of benzene rings is 2. The summed E-state index contributed by atoms with van der Waals surface area (Å²) in [6.07, 6.45) is 3.85. The maximum absolute atomic E-state index is 12.2. The molecule has 1 aliphatic rings. The molecule has 0 bridgehead atoms. The first-order valence-corrected chi connectivity index (χ1v) is 10.8. The Morgan fingerprint density at radius 2 is 1.93 bits per heavy atom. The topological polar surface area (TPSA) is 102 Å². The Morgan fingerprint density at radius 1 is 1.14 bits per heavy atom. The summed E-state index contributed by atoms with van der Waals surface area (Å²) in [6, 6.07) is 13.8. The summed E-state index contributed by atoms with van der Waals surface area (Å²) in [5.41, 5.74) is 2.74. The summed E-state index contributed by atoms with van der Waals surface area (Å²) < 4.78 is 30.0. The highest BCUT2D eigenvalue weighted by molar-refractivity contribution is 7.92. The Morgan fingerprint density at radius 3 is 2.71 bits per heavy atom. The maximum atomic E-state index is 12.2. The van der Waals surface area contributed by atoms with E-state index in [1.165, 1.54) is 29.8 Å². The number of fused-ring (bicyclic) bond motifs is 1. The van der Waals surface area contributed by atoms with E-state index in [2.05, 4.69) is 16.1 Å². The molecule has 0 spiro atoms. The van der Waals surface area contributed by atoms with Crippen LogP contribution in [0.1, 0.15) is 40.4 Å². The van der Waals surface area contributed by atoms with E-state index in [1.54, 1.807) is 0 Å². The number of nitrogens with one attached hydrogen (secondary N) is 2. The van der Waals surface area contributed by atoms with Gasteiger partial charge in [-0.2, -0.15) is 0 Å². The van der Waals surface area contributed by atoms with Crippen molar-refractivity contribution in [2.75, 3.05) is 17.6 Å². The Hall–Kier alpha value is -2.87. The highest BCUT2D eigenvalue weighted by Crippen LogP contribution is 2.29. The van der Waals surface area contributed by atoms with Gasteiger partial charge in [-0.15, -0.1) is 0 Å². The van der Waals surface area contributed by atoms with Crippen LogP contribution in [0.3, 0.4) is 0 Å². The Labute approximate surface area is 164 Å². The van der Waals surface area contributed by atoms with Gasteiger partial charge in [-0.3, -0.25) is 9.52 Å². The minimum atomic E-state index is -3.45. The van der Waals surface area contributed by atoms with Gasteiger partial charge >= 0.3 is 5.97 Å². The van der Waals surface area contributed by atoms with E-state index in [0.717, 1.165) is 31.1 Å². The molecule has 0 saturated carbocycles. The molecule has 2 aromatic rings. The van der Waals surface area contributed by atoms with Gasteiger partial charge in [0.25, 0.3) is 5.91 Å². The summed E-state index contributed by atoms with van der Waals surface area (Å²) in [6.45, 7) is -0.402. The first-order chi connectivity index (χ1) is 13.3. The number of anilines is 1. The Kier molecular flexibility index (Phi) is 5.99. The molecule has 3 rings (SSSR count). The van der Waals surface area contributed by atoms with Crippen molar-refractivity contribution in [1.82, 2.24) is 5.32 Å². The number of hydrogen-bond acceptors (Lipinski definition) is 5. The number of rotatable bonds is 6. The van der Waals surface area contributed by atoms with Crippen LogP contribution in [0.15, 0.2) is 48.5 Å². The molecule has 1 unspecified atom stereocenters. The summed E-state index contributed by atoms with van der Waals surface area (Å²) >= 11 is 0. The molecule has 0 saturated heterocycles. The van der Waals surface area contributed by atoms with Gasteiger partial charge in [0.05, 0.1) is 17.9 Å². The van der Waals surface area contributed by atoms with Crippen molar-refractivity contribution >= 4 is 27.6 Å². The van der Waals surface area contributed by atoms with Gasteiger partial charge in [-0.1, -0.05) is 30.3 Å². The third-order valence-corrected chi connectivity index (χ3v) is 5.05. The second kappa shape index (κ2) is 8.43. The molecule has 8 heteroatoms. The van der Waals surface area contributed by atoms with Gasteiger partial charge in [0.1, 0.15) is 0 Å². The van der Waals surface area contributed by atoms with Crippen LogP contribution in [-0.2, 0) is 26.0 Å². The van der Waals surface area contributed by atoms with Crippen LogP contribution >= 0.6 is 0 Å². The molecule has 0 aromatic heterocycles. The van der Waals surface area contributed by atoms with E-state index in [0.29, 0.717) is 0 Å². The molecule has 7 nitrogen and oxygen atoms in total. The quantitative estimate of drug-likeness (QED) is 0.723. The third-order valence-electron chi connectivity index (χ3n) is 4.44. The monoisotopic (exact) mass is 402 g/mol. The van der Waals surface area contributed by atoms with Crippen molar-refractivity contribution in [2.24, 2.45) is 0 Å². The number of amides is 1. The molecule has 1 atom stereocenters. The lowest BCUT2D eigenvalue weighted by molar-refractivity contribution is -0.125. The highest BCUT2D eigenvalue weighted by Gasteiger charge is 2.22. The maximum Gasteiger partial charge on any atom is 0.338 e. The predicted molar refractivity (Wildman–Crippen MR) is 105 cm³/mol. The smallest absolute Gasteiger partial charge is 0.338 e. The minimum Gasteiger partial charge on any atom is -0.452 e. The number of ether oxygens (including phenoxy) is 1. The van der Waals surface area contributed by atoms with Crippen LogP contribution < -0.4 is 10.0 Å². The lowest BCUT2D eigenvalue weighted by Crippen LogP contribution is -2.34. The zero-order chi connectivity index (χ0) is 20.1. The van der Waals surface area contributed by atoms with Crippen LogP contribution in [0.25, 0.3) is 0 Å². The van der Waals surface area contributed by atoms with Crippen molar-refractivity contribution in [3.8, 4) is 0 Å². The standard InChI is InChI=1S/C20H22N2O5S/c1-28(25,26)22-16-9-4-8-15(12-16)20(24)27-13-19(23)21-18-11-5-7-14-6-2-3-10-17(14)18/h2-4,6,8-10,12,18,22H,5,7,11,13H2,1H3,(H,21,23). The highest BCUT2D eigenvalue weighted by atomic mass is 32.2. The normalized spacial score (nSPS) is 16.0. The first-order valence-electron chi connectivity index (χ1n) is 8.94. The van der Waals surface area contributed by atoms with Gasteiger partial charge in [0.2, 0.25) is 10.0 Å². The van der Waals surface area contributed by atoms with Crippen molar-refractivity contribution in [2.45, 2.75) is 25.3 Å². The second-order valence-electron chi connectivity index (χ2n) is 6.74. The van der Waals surface area contributed by atoms with Gasteiger partial charge in [-0.05, 0) is 48.6 Å². The molecule has 0 fully saturated rings. The summed E-state index contributed by atoms with van der Waals surface area (Å²) in [7, 11) is -3.45. The molecule has 1 amide bonds. The van der Waals surface area contributed by atoms with Crippen molar-refractivity contribution in [3.05, 3.63) is 65.2 Å². The van der Waals surface area contributed by atoms with Crippen LogP contribution in [0, 0.1) is 0 Å². The lowest BCUT2D eigenvalue weighted by Gasteiger charge is -2.26. The molecule has 0 radical (unpaired) electrons. The van der Waals surface area contributed by atoms with Gasteiger partial charge < -0.3 is 10.1 Å². The number of carbonyl (C=O) groups is 2. The fraction of sp³-hybridized carbons (Fsp3) is 0.300. The SMILES string of the molecule is CS(=O)(=O)Nc1cccc(C(=O)OCC(=O)NC2CCCc3ccccc32)c1. The predicted octanol–water partition coefficient (Wildman–Crippen LogP) is 2.41. The summed E-state index contributed by atoms with van der Waals surface area (Å²) in [5, 5.41) is 2.92. The van der Waals surface area contributed by atoms with Crippen LogP contribution in [-0.4, -0.2) is 33.2 Å². The molecule has 2 aromatic carbocycles. The number of carbonyl (C=O) groups excluding carboxylic acids is 2. The largest absolute Gasteiger partial charge is 0.452 e. The number of esters is 1. The summed E-state index contributed by atoms with van der Waals surface area (Å²) in [4.78, 5) is 24.4. The molecular weight excluding hydrogens is 380 g/mol. The number of hydrogen-bond donors (Lipinski definition) is 2. The zero-order valence-corrected chi connectivity index (χ0v) is 16.3. The second-order valence-corrected chi connectivity index (χ2v) is 8.49. The molecule has 0 heterocycles. The van der Waals surface area contributed by atoms with Gasteiger partial charge in [0, 0.05) is 5.69 Å². The molecule has 2 N–H and O–H groups in total. The third kappa shape index (κ3) is 5.32. The van der Waals surface area contributed by atoms with Crippen molar-refractivity contribution in [3.63, 3.8) is 0 Å².